The lowest BCUT2D eigenvalue weighted by atomic mass is 9.91. The minimum Gasteiger partial charge on any atom is -0.103 e. The topological polar surface area (TPSA) is 0 Å². The Bertz CT molecular complexity index is 361. The molecule has 0 radical (unpaired) electrons. The molecule has 0 spiro atoms. The smallest absolute Gasteiger partial charge is 0.0199 e. The van der Waals surface area contributed by atoms with Gasteiger partial charge in [-0.1, -0.05) is 55.5 Å². The third-order valence-electron chi connectivity index (χ3n) is 3.82. The van der Waals surface area contributed by atoms with Crippen LogP contribution in [0.4, 0.5) is 0 Å². The maximum absolute atomic E-state index is 3.92. The summed E-state index contributed by atoms with van der Waals surface area (Å²) in [6, 6.07) is 10.5. The molecular formula is C16H20. The molecule has 1 aliphatic rings. The van der Waals surface area contributed by atoms with Crippen molar-refractivity contribution in [2.75, 3.05) is 0 Å². The van der Waals surface area contributed by atoms with Crippen molar-refractivity contribution in [3.63, 3.8) is 0 Å². The van der Waals surface area contributed by atoms with Gasteiger partial charge in [-0.05, 0) is 36.2 Å². The summed E-state index contributed by atoms with van der Waals surface area (Å²) in [6.45, 7) is 6.27. The van der Waals surface area contributed by atoms with Crippen LogP contribution in [0.3, 0.4) is 0 Å². The van der Waals surface area contributed by atoms with Gasteiger partial charge in [0.1, 0.15) is 0 Å². The largest absolute Gasteiger partial charge is 0.103 e. The highest BCUT2D eigenvalue weighted by Crippen LogP contribution is 2.38. The number of rotatable bonds is 3. The average Bonchev–Trinajstić information content (AvgIpc) is 2.69. The fraction of sp³-hybridized carbons (Fsp3) is 0.375. The Labute approximate surface area is 98.7 Å². The number of allylic oxidation sites excluding steroid dienone is 2. The molecule has 0 aliphatic heterocycles. The predicted molar refractivity (Wildman–Crippen MR) is 71.1 cm³/mol. The summed E-state index contributed by atoms with van der Waals surface area (Å²) in [5.41, 5.74) is 1.30. The summed E-state index contributed by atoms with van der Waals surface area (Å²) < 4.78 is 0. The fourth-order valence-corrected chi connectivity index (χ4v) is 2.63. The third-order valence-corrected chi connectivity index (χ3v) is 3.82. The highest BCUT2D eigenvalue weighted by atomic mass is 14.3. The molecule has 1 aliphatic carbocycles. The lowest BCUT2D eigenvalue weighted by molar-refractivity contribution is 0.440. The summed E-state index contributed by atoms with van der Waals surface area (Å²) in [5.74, 6) is 2.19. The molecule has 0 amide bonds. The van der Waals surface area contributed by atoms with Gasteiger partial charge in [0.15, 0.2) is 0 Å². The molecule has 1 aromatic carbocycles. The predicted octanol–water partition coefficient (Wildman–Crippen LogP) is 4.55. The van der Waals surface area contributed by atoms with Crippen molar-refractivity contribution in [2.24, 2.45) is 17.8 Å². The second kappa shape index (κ2) is 5.16. The van der Waals surface area contributed by atoms with E-state index in [-0.39, 0.29) is 0 Å². The van der Waals surface area contributed by atoms with Crippen molar-refractivity contribution in [1.29, 1.82) is 0 Å². The standard InChI is InChI=1S/C16H20/c1-3-15-11-12-16(13(15)2)10-9-14-7-5-4-6-8-14/h3-10,13,15-16H,1,11-12H2,2H3/b10-9+. The molecule has 2 rings (SSSR count). The minimum absolute atomic E-state index is 0.713. The normalized spacial score (nSPS) is 29.7. The van der Waals surface area contributed by atoms with Crippen LogP contribution in [0.15, 0.2) is 49.1 Å². The molecular weight excluding hydrogens is 192 g/mol. The molecule has 84 valence electrons. The van der Waals surface area contributed by atoms with Crippen LogP contribution < -0.4 is 0 Å². The second-order valence-electron chi connectivity index (χ2n) is 4.77. The van der Waals surface area contributed by atoms with Crippen molar-refractivity contribution >= 4 is 6.08 Å². The molecule has 1 saturated carbocycles. The lowest BCUT2D eigenvalue weighted by Gasteiger charge is -2.14. The molecule has 0 bridgehead atoms. The van der Waals surface area contributed by atoms with E-state index in [1.54, 1.807) is 0 Å². The van der Waals surface area contributed by atoms with E-state index in [0.29, 0.717) is 5.92 Å². The molecule has 3 atom stereocenters. The van der Waals surface area contributed by atoms with Gasteiger partial charge in [-0.25, -0.2) is 0 Å². The maximum atomic E-state index is 3.92. The molecule has 0 heterocycles. The zero-order chi connectivity index (χ0) is 11.4. The van der Waals surface area contributed by atoms with Crippen molar-refractivity contribution in [2.45, 2.75) is 19.8 Å². The Hall–Kier alpha value is -1.30. The van der Waals surface area contributed by atoms with E-state index in [9.17, 15) is 0 Å². The van der Waals surface area contributed by atoms with Gasteiger partial charge in [0.2, 0.25) is 0 Å². The van der Waals surface area contributed by atoms with Crippen LogP contribution in [0.1, 0.15) is 25.3 Å². The summed E-state index contributed by atoms with van der Waals surface area (Å²) in [4.78, 5) is 0. The Morgan fingerprint density at radius 3 is 2.44 bits per heavy atom. The summed E-state index contributed by atoms with van der Waals surface area (Å²) in [6.07, 6.45) is 9.37. The van der Waals surface area contributed by atoms with Crippen LogP contribution in [0.2, 0.25) is 0 Å². The monoisotopic (exact) mass is 212 g/mol. The van der Waals surface area contributed by atoms with Gasteiger partial charge in [-0.2, -0.15) is 0 Å². The van der Waals surface area contributed by atoms with Crippen LogP contribution in [0.25, 0.3) is 6.08 Å². The number of benzene rings is 1. The first-order valence-corrected chi connectivity index (χ1v) is 6.17. The Kier molecular flexibility index (Phi) is 3.61. The fourth-order valence-electron chi connectivity index (χ4n) is 2.63. The molecule has 0 heteroatoms. The van der Waals surface area contributed by atoms with Crippen LogP contribution in [0.5, 0.6) is 0 Å². The van der Waals surface area contributed by atoms with Crippen molar-refractivity contribution in [3.05, 3.63) is 54.6 Å². The van der Waals surface area contributed by atoms with Crippen LogP contribution in [0, 0.1) is 17.8 Å². The first-order valence-electron chi connectivity index (χ1n) is 6.17. The number of hydrogen-bond acceptors (Lipinski definition) is 0. The SMILES string of the molecule is C=CC1CCC(/C=C/c2ccccc2)C1C. The van der Waals surface area contributed by atoms with Crippen molar-refractivity contribution in [3.8, 4) is 0 Å². The first kappa shape index (κ1) is 11.2. The van der Waals surface area contributed by atoms with Crippen molar-refractivity contribution in [1.82, 2.24) is 0 Å². The first-order chi connectivity index (χ1) is 7.81. The summed E-state index contributed by atoms with van der Waals surface area (Å²) >= 11 is 0. The molecule has 1 fully saturated rings. The van der Waals surface area contributed by atoms with Crippen LogP contribution in [-0.4, -0.2) is 0 Å². The van der Waals surface area contributed by atoms with E-state index >= 15 is 0 Å². The van der Waals surface area contributed by atoms with E-state index in [1.165, 1.54) is 18.4 Å². The highest BCUT2D eigenvalue weighted by molar-refractivity contribution is 5.49. The van der Waals surface area contributed by atoms with E-state index in [1.807, 2.05) is 0 Å². The van der Waals surface area contributed by atoms with E-state index in [0.717, 1.165) is 11.8 Å². The minimum atomic E-state index is 0.713. The molecule has 0 N–H and O–H groups in total. The lowest BCUT2D eigenvalue weighted by Crippen LogP contribution is -2.06. The molecule has 16 heavy (non-hydrogen) atoms. The zero-order valence-corrected chi connectivity index (χ0v) is 9.97. The molecule has 1 aromatic rings. The molecule has 0 nitrogen and oxygen atoms in total. The van der Waals surface area contributed by atoms with E-state index in [4.69, 9.17) is 0 Å². The molecule has 3 unspecified atom stereocenters. The van der Waals surface area contributed by atoms with Gasteiger partial charge in [-0.3, -0.25) is 0 Å². The van der Waals surface area contributed by atoms with Crippen molar-refractivity contribution < 1.29 is 0 Å². The Balaban J connectivity index is 2.01. The van der Waals surface area contributed by atoms with Gasteiger partial charge < -0.3 is 0 Å². The Morgan fingerprint density at radius 2 is 1.81 bits per heavy atom. The van der Waals surface area contributed by atoms with Gasteiger partial charge in [0, 0.05) is 0 Å². The van der Waals surface area contributed by atoms with Crippen LogP contribution in [-0.2, 0) is 0 Å². The second-order valence-corrected chi connectivity index (χ2v) is 4.77. The Morgan fingerprint density at radius 1 is 1.12 bits per heavy atom. The van der Waals surface area contributed by atoms with E-state index < -0.39 is 0 Å². The summed E-state index contributed by atoms with van der Waals surface area (Å²) in [7, 11) is 0. The van der Waals surface area contributed by atoms with Gasteiger partial charge >= 0.3 is 0 Å². The van der Waals surface area contributed by atoms with Gasteiger partial charge in [-0.15, -0.1) is 6.58 Å². The zero-order valence-electron chi connectivity index (χ0n) is 9.97. The number of hydrogen-bond donors (Lipinski definition) is 0. The van der Waals surface area contributed by atoms with E-state index in [2.05, 4.69) is 62.1 Å². The third kappa shape index (κ3) is 2.44. The van der Waals surface area contributed by atoms with Gasteiger partial charge in [0.05, 0.1) is 0 Å². The maximum Gasteiger partial charge on any atom is -0.0199 e. The molecule has 0 saturated heterocycles. The van der Waals surface area contributed by atoms with Crippen LogP contribution >= 0.6 is 0 Å². The highest BCUT2D eigenvalue weighted by Gasteiger charge is 2.28. The molecule has 0 aromatic heterocycles. The quantitative estimate of drug-likeness (QED) is 0.645. The summed E-state index contributed by atoms with van der Waals surface area (Å²) in [5, 5.41) is 0. The average molecular weight is 212 g/mol. The van der Waals surface area contributed by atoms with Gasteiger partial charge in [0.25, 0.3) is 0 Å².